The number of aliphatic carboxylic acids is 1. The molecule has 1 aromatic heterocycles. The van der Waals surface area contributed by atoms with Crippen LogP contribution in [0.3, 0.4) is 0 Å². The van der Waals surface area contributed by atoms with Gasteiger partial charge < -0.3 is 19.1 Å². The molecule has 10 nitrogen and oxygen atoms in total. The van der Waals surface area contributed by atoms with E-state index in [0.29, 0.717) is 35.7 Å². The van der Waals surface area contributed by atoms with E-state index in [2.05, 4.69) is 15.0 Å². The molecule has 0 unspecified atom stereocenters. The smallest absolute Gasteiger partial charge is 0.411 e. The number of amides is 1. The molecule has 10 heteroatoms. The van der Waals surface area contributed by atoms with Gasteiger partial charge in [0.15, 0.2) is 0 Å². The van der Waals surface area contributed by atoms with Crippen LogP contribution in [0.15, 0.2) is 40.9 Å². The van der Waals surface area contributed by atoms with Crippen molar-refractivity contribution in [2.75, 3.05) is 6.54 Å². The average Bonchev–Trinajstić information content (AvgIpc) is 3.35. The molecule has 0 spiro atoms. The van der Waals surface area contributed by atoms with Crippen molar-refractivity contribution in [1.29, 1.82) is 0 Å². The van der Waals surface area contributed by atoms with Crippen molar-refractivity contribution in [2.24, 2.45) is 0 Å². The van der Waals surface area contributed by atoms with Gasteiger partial charge in [-0.05, 0) is 83.2 Å². The number of carboxylic acids is 1. The van der Waals surface area contributed by atoms with Gasteiger partial charge in [0.1, 0.15) is 17.9 Å². The number of fused-ring (bicyclic) bond motifs is 1. The minimum Gasteiger partial charge on any atom is -0.502 e. The summed E-state index contributed by atoms with van der Waals surface area (Å²) >= 11 is 0. The second kappa shape index (κ2) is 11.2. The number of hydrogen-bond acceptors (Lipinski definition) is 7. The van der Waals surface area contributed by atoms with E-state index in [1.165, 1.54) is 4.90 Å². The van der Waals surface area contributed by atoms with Crippen LogP contribution >= 0.6 is 0 Å². The predicted octanol–water partition coefficient (Wildman–Crippen LogP) is 6.44. The van der Waals surface area contributed by atoms with Crippen LogP contribution in [0.1, 0.15) is 64.6 Å². The Balaban J connectivity index is 1.68. The number of carbonyl (C=O) groups excluding carboxylic acids is 1. The maximum Gasteiger partial charge on any atom is 0.411 e. The van der Waals surface area contributed by atoms with Crippen molar-refractivity contribution < 1.29 is 28.7 Å². The third kappa shape index (κ3) is 6.37. The van der Waals surface area contributed by atoms with E-state index in [9.17, 15) is 14.7 Å². The summed E-state index contributed by atoms with van der Waals surface area (Å²) in [5.41, 5.74) is 2.69. The molecule has 3 aromatic rings. The van der Waals surface area contributed by atoms with Crippen molar-refractivity contribution in [3.63, 3.8) is 0 Å². The van der Waals surface area contributed by atoms with E-state index in [1.807, 2.05) is 32.0 Å². The Bertz CT molecular complexity index is 1420. The zero-order valence-corrected chi connectivity index (χ0v) is 22.7. The highest BCUT2D eigenvalue weighted by Crippen LogP contribution is 2.40. The highest BCUT2D eigenvalue weighted by atomic mass is 16.6. The van der Waals surface area contributed by atoms with Gasteiger partial charge in [0.2, 0.25) is 11.5 Å². The van der Waals surface area contributed by atoms with Crippen LogP contribution in [-0.2, 0) is 16.0 Å². The molecule has 0 aliphatic heterocycles. The van der Waals surface area contributed by atoms with Crippen molar-refractivity contribution in [2.45, 2.75) is 71.6 Å². The SMILES string of the molecule is [C-]#[N+]c1cc(-c2nc(-c3cccc4c3CCC[C@@H]4N(CC(=O)O)C(=O)OC(C)(C)C)no2)ccc1OC(C)C. The van der Waals surface area contributed by atoms with Crippen LogP contribution < -0.4 is 4.74 Å². The monoisotopic (exact) mass is 532 g/mol. The molecule has 1 aliphatic carbocycles. The second-order valence-electron chi connectivity index (χ2n) is 10.7. The van der Waals surface area contributed by atoms with Gasteiger partial charge in [-0.1, -0.05) is 23.4 Å². The summed E-state index contributed by atoms with van der Waals surface area (Å²) in [6, 6.07) is 10.3. The average molecular weight is 533 g/mol. The first-order chi connectivity index (χ1) is 18.5. The molecule has 0 fully saturated rings. The molecular weight excluding hydrogens is 500 g/mol. The lowest BCUT2D eigenvalue weighted by Crippen LogP contribution is -2.43. The van der Waals surface area contributed by atoms with Gasteiger partial charge in [-0.3, -0.25) is 9.69 Å². The maximum atomic E-state index is 13.0. The number of hydrogen-bond donors (Lipinski definition) is 1. The molecule has 0 saturated carbocycles. The number of benzene rings is 2. The molecule has 1 N–H and O–H groups in total. The molecule has 204 valence electrons. The number of carboxylic acid groups (broad SMARTS) is 1. The van der Waals surface area contributed by atoms with Crippen LogP contribution in [0, 0.1) is 6.57 Å². The van der Waals surface area contributed by atoms with Crippen molar-refractivity contribution >= 4 is 17.7 Å². The summed E-state index contributed by atoms with van der Waals surface area (Å²) < 4.78 is 16.8. The fourth-order valence-corrected chi connectivity index (χ4v) is 4.67. The molecule has 1 amide bonds. The Kier molecular flexibility index (Phi) is 7.90. The maximum absolute atomic E-state index is 13.0. The van der Waals surface area contributed by atoms with E-state index in [1.54, 1.807) is 39.0 Å². The summed E-state index contributed by atoms with van der Waals surface area (Å²) in [4.78, 5) is 34.1. The molecule has 2 aromatic carbocycles. The van der Waals surface area contributed by atoms with E-state index < -0.39 is 30.3 Å². The van der Waals surface area contributed by atoms with Crippen LogP contribution in [-0.4, -0.2) is 50.5 Å². The first-order valence-electron chi connectivity index (χ1n) is 12.8. The molecule has 39 heavy (non-hydrogen) atoms. The summed E-state index contributed by atoms with van der Waals surface area (Å²) in [5.74, 6) is 0.00625. The summed E-state index contributed by atoms with van der Waals surface area (Å²) in [6.07, 6.45) is 1.32. The lowest BCUT2D eigenvalue weighted by Gasteiger charge is -2.36. The van der Waals surface area contributed by atoms with E-state index in [0.717, 1.165) is 23.1 Å². The van der Waals surface area contributed by atoms with Gasteiger partial charge >= 0.3 is 12.1 Å². The number of nitrogens with zero attached hydrogens (tertiary/aromatic N) is 4. The van der Waals surface area contributed by atoms with Gasteiger partial charge in [-0.15, -0.1) is 0 Å². The zero-order chi connectivity index (χ0) is 28.3. The molecule has 4 rings (SSSR count). The Morgan fingerprint density at radius 1 is 1.26 bits per heavy atom. The Hall–Kier alpha value is -4.39. The first kappa shape index (κ1) is 27.6. The number of ether oxygens (including phenoxy) is 2. The summed E-state index contributed by atoms with van der Waals surface area (Å²) in [7, 11) is 0. The van der Waals surface area contributed by atoms with Gasteiger partial charge in [0, 0.05) is 11.1 Å². The number of aromatic nitrogens is 2. The minimum atomic E-state index is -1.12. The Morgan fingerprint density at radius 3 is 2.69 bits per heavy atom. The Morgan fingerprint density at radius 2 is 2.03 bits per heavy atom. The van der Waals surface area contributed by atoms with E-state index >= 15 is 0 Å². The van der Waals surface area contributed by atoms with Crippen molar-refractivity contribution in [1.82, 2.24) is 15.0 Å². The molecule has 0 saturated heterocycles. The highest BCUT2D eigenvalue weighted by molar-refractivity contribution is 5.78. The molecule has 0 radical (unpaired) electrons. The van der Waals surface area contributed by atoms with E-state index in [-0.39, 0.29) is 12.0 Å². The molecule has 1 atom stereocenters. The molecule has 0 bridgehead atoms. The molecular formula is C29H32N4O6. The summed E-state index contributed by atoms with van der Waals surface area (Å²) in [5, 5.41) is 13.7. The van der Waals surface area contributed by atoms with Gasteiger partial charge in [-0.25, -0.2) is 9.64 Å². The lowest BCUT2D eigenvalue weighted by atomic mass is 9.84. The van der Waals surface area contributed by atoms with Crippen LogP contribution in [0.2, 0.25) is 0 Å². The van der Waals surface area contributed by atoms with Crippen molar-refractivity contribution in [3.8, 4) is 28.6 Å². The zero-order valence-electron chi connectivity index (χ0n) is 22.7. The van der Waals surface area contributed by atoms with Crippen molar-refractivity contribution in [3.05, 3.63) is 58.9 Å². The third-order valence-electron chi connectivity index (χ3n) is 6.14. The standard InChI is InChI=1S/C29H32N4O6/c1-17(2)37-24-14-13-18(15-22(24)30-6)27-31-26(32-39-27)21-11-7-10-20-19(21)9-8-12-23(20)33(16-25(34)35)28(36)38-29(3,4)5/h7,10-11,13-15,17,23H,8-9,12,16H2,1-5H3,(H,34,35)/t23-/m0/s1. The normalized spacial score (nSPS) is 14.8. The minimum absolute atomic E-state index is 0.0684. The predicted molar refractivity (Wildman–Crippen MR) is 143 cm³/mol. The number of carbonyl (C=O) groups is 2. The van der Waals surface area contributed by atoms with Crippen LogP contribution in [0.25, 0.3) is 27.7 Å². The quantitative estimate of drug-likeness (QED) is 0.345. The van der Waals surface area contributed by atoms with Gasteiger partial charge in [-0.2, -0.15) is 4.98 Å². The van der Waals surface area contributed by atoms with Gasteiger partial charge in [0.05, 0.1) is 18.7 Å². The fraction of sp³-hybridized carbons (Fsp3) is 0.414. The second-order valence-corrected chi connectivity index (χ2v) is 10.7. The van der Waals surface area contributed by atoms with Gasteiger partial charge in [0.25, 0.3) is 5.89 Å². The Labute approximate surface area is 227 Å². The molecule has 1 aliphatic rings. The third-order valence-corrected chi connectivity index (χ3v) is 6.14. The lowest BCUT2D eigenvalue weighted by molar-refractivity contribution is -0.139. The molecule has 1 heterocycles. The summed E-state index contributed by atoms with van der Waals surface area (Å²) in [6.45, 7) is 16.1. The number of rotatable bonds is 7. The fourth-order valence-electron chi connectivity index (χ4n) is 4.67. The van der Waals surface area contributed by atoms with Crippen LogP contribution in [0.4, 0.5) is 10.5 Å². The highest BCUT2D eigenvalue weighted by Gasteiger charge is 2.35. The van der Waals surface area contributed by atoms with E-state index in [4.69, 9.17) is 20.6 Å². The van der Waals surface area contributed by atoms with Crippen LogP contribution in [0.5, 0.6) is 5.75 Å². The first-order valence-corrected chi connectivity index (χ1v) is 12.8. The topological polar surface area (TPSA) is 119 Å². The largest absolute Gasteiger partial charge is 0.502 e.